The van der Waals surface area contributed by atoms with Gasteiger partial charge in [-0.15, -0.1) is 0 Å². The van der Waals surface area contributed by atoms with Crippen molar-refractivity contribution in [3.05, 3.63) is 11.8 Å². The van der Waals surface area contributed by atoms with E-state index in [0.29, 0.717) is 6.61 Å². The molecule has 1 unspecified atom stereocenters. The molecular formula is C9H11F3O3. The number of hydrogen-bond acceptors (Lipinski definition) is 3. The Morgan fingerprint density at radius 3 is 2.73 bits per heavy atom. The Balaban J connectivity index is 2.57. The van der Waals surface area contributed by atoms with Crippen LogP contribution in [0.25, 0.3) is 0 Å². The lowest BCUT2D eigenvalue weighted by molar-refractivity contribution is -0.168. The average Bonchev–Trinajstić information content (AvgIpc) is 2.17. The van der Waals surface area contributed by atoms with E-state index in [-0.39, 0.29) is 18.4 Å². The van der Waals surface area contributed by atoms with Gasteiger partial charge >= 0.3 is 6.18 Å². The van der Waals surface area contributed by atoms with Gasteiger partial charge < -0.3 is 9.47 Å². The molecule has 0 aromatic heterocycles. The number of ketones is 1. The summed E-state index contributed by atoms with van der Waals surface area (Å²) in [5, 5.41) is 0. The van der Waals surface area contributed by atoms with Crippen molar-refractivity contribution in [1.82, 2.24) is 0 Å². The Kier molecular flexibility index (Phi) is 3.73. The molecule has 1 aliphatic rings. The summed E-state index contributed by atoms with van der Waals surface area (Å²) in [5.41, 5.74) is -0.349. The molecule has 1 atom stereocenters. The Labute approximate surface area is 84.8 Å². The summed E-state index contributed by atoms with van der Waals surface area (Å²) in [7, 11) is 0. The smallest absolute Gasteiger partial charge is 0.454 e. The second-order valence-electron chi connectivity index (χ2n) is 3.03. The van der Waals surface area contributed by atoms with Crippen LogP contribution in [-0.4, -0.2) is 24.9 Å². The highest BCUT2D eigenvalue weighted by Crippen LogP contribution is 2.26. The lowest BCUT2D eigenvalue weighted by Gasteiger charge is -2.22. The quantitative estimate of drug-likeness (QED) is 0.737. The number of alkyl halides is 3. The van der Waals surface area contributed by atoms with E-state index >= 15 is 0 Å². The predicted octanol–water partition coefficient (Wildman–Crippen LogP) is 2.17. The highest BCUT2D eigenvalue weighted by molar-refractivity contribution is 5.99. The van der Waals surface area contributed by atoms with Gasteiger partial charge in [-0.05, 0) is 13.3 Å². The Morgan fingerprint density at radius 1 is 1.67 bits per heavy atom. The second kappa shape index (κ2) is 4.65. The molecule has 0 saturated carbocycles. The molecule has 1 heterocycles. The first kappa shape index (κ1) is 12.0. The van der Waals surface area contributed by atoms with Crippen molar-refractivity contribution in [2.45, 2.75) is 32.2 Å². The van der Waals surface area contributed by atoms with Gasteiger partial charge in [0.2, 0.25) is 0 Å². The number of carbonyl (C=O) groups excluding carboxylic acids is 1. The van der Waals surface area contributed by atoms with Gasteiger partial charge in [0.25, 0.3) is 5.78 Å². The fraction of sp³-hybridized carbons (Fsp3) is 0.667. The molecule has 0 N–H and O–H groups in total. The Morgan fingerprint density at radius 2 is 2.33 bits per heavy atom. The Bertz CT molecular complexity index is 270. The van der Waals surface area contributed by atoms with Gasteiger partial charge in [0.15, 0.2) is 6.29 Å². The largest absolute Gasteiger partial charge is 0.472 e. The first-order valence-electron chi connectivity index (χ1n) is 4.52. The van der Waals surface area contributed by atoms with Crippen LogP contribution in [0.5, 0.6) is 0 Å². The lowest BCUT2D eigenvalue weighted by Crippen LogP contribution is -2.28. The molecule has 0 spiro atoms. The normalized spacial score (nSPS) is 21.9. The molecule has 1 rings (SSSR count). The standard InChI is InChI=1S/C9H11F3O3/c1-2-14-7-4-3-6(5-15-7)8(13)9(10,11)12/h5,7H,2-4H2,1H3. The summed E-state index contributed by atoms with van der Waals surface area (Å²) in [6, 6.07) is 0. The van der Waals surface area contributed by atoms with E-state index in [1.54, 1.807) is 6.92 Å². The molecule has 0 aromatic carbocycles. The summed E-state index contributed by atoms with van der Waals surface area (Å²) < 4.78 is 45.9. The zero-order chi connectivity index (χ0) is 11.5. The summed E-state index contributed by atoms with van der Waals surface area (Å²) in [5.74, 6) is -1.84. The van der Waals surface area contributed by atoms with Crippen LogP contribution in [-0.2, 0) is 14.3 Å². The van der Waals surface area contributed by atoms with E-state index in [0.717, 1.165) is 6.26 Å². The molecule has 0 bridgehead atoms. The van der Waals surface area contributed by atoms with Crippen molar-refractivity contribution in [3.8, 4) is 0 Å². The SMILES string of the molecule is CCOC1CCC(C(=O)C(F)(F)F)=CO1. The van der Waals surface area contributed by atoms with E-state index in [2.05, 4.69) is 0 Å². The zero-order valence-electron chi connectivity index (χ0n) is 8.13. The minimum atomic E-state index is -4.83. The molecule has 0 aromatic rings. The van der Waals surface area contributed by atoms with Gasteiger partial charge in [-0.2, -0.15) is 13.2 Å². The maximum Gasteiger partial charge on any atom is 0.454 e. The van der Waals surface area contributed by atoms with E-state index < -0.39 is 18.2 Å². The first-order chi connectivity index (χ1) is 6.95. The fourth-order valence-corrected chi connectivity index (χ4v) is 1.22. The zero-order valence-corrected chi connectivity index (χ0v) is 8.13. The van der Waals surface area contributed by atoms with Crippen LogP contribution in [0.3, 0.4) is 0 Å². The molecule has 15 heavy (non-hydrogen) atoms. The molecule has 0 saturated heterocycles. The molecule has 1 aliphatic heterocycles. The molecule has 0 amide bonds. The van der Waals surface area contributed by atoms with Crippen molar-refractivity contribution < 1.29 is 27.4 Å². The van der Waals surface area contributed by atoms with Crippen LogP contribution in [0.2, 0.25) is 0 Å². The third-order valence-corrected chi connectivity index (χ3v) is 1.91. The average molecular weight is 224 g/mol. The topological polar surface area (TPSA) is 35.5 Å². The summed E-state index contributed by atoms with van der Waals surface area (Å²) in [4.78, 5) is 10.8. The van der Waals surface area contributed by atoms with Crippen molar-refractivity contribution in [2.75, 3.05) is 6.61 Å². The number of rotatable bonds is 3. The molecule has 3 nitrogen and oxygen atoms in total. The van der Waals surface area contributed by atoms with Crippen LogP contribution < -0.4 is 0 Å². The highest BCUT2D eigenvalue weighted by Gasteiger charge is 2.41. The fourth-order valence-electron chi connectivity index (χ4n) is 1.22. The number of carbonyl (C=O) groups is 1. The molecule has 6 heteroatoms. The first-order valence-corrected chi connectivity index (χ1v) is 4.52. The van der Waals surface area contributed by atoms with Gasteiger partial charge in [0.05, 0.1) is 6.26 Å². The molecule has 0 fully saturated rings. The van der Waals surface area contributed by atoms with Gasteiger partial charge in [0, 0.05) is 18.6 Å². The monoisotopic (exact) mass is 224 g/mol. The summed E-state index contributed by atoms with van der Waals surface area (Å²) >= 11 is 0. The van der Waals surface area contributed by atoms with Crippen LogP contribution in [0.1, 0.15) is 19.8 Å². The third kappa shape index (κ3) is 3.23. The van der Waals surface area contributed by atoms with Gasteiger partial charge in [0.1, 0.15) is 0 Å². The minimum absolute atomic E-state index is 0.0308. The summed E-state index contributed by atoms with van der Waals surface area (Å²) in [6.45, 7) is 2.17. The number of ether oxygens (including phenoxy) is 2. The molecule has 0 radical (unpaired) electrons. The second-order valence-corrected chi connectivity index (χ2v) is 3.03. The predicted molar refractivity (Wildman–Crippen MR) is 44.9 cm³/mol. The maximum absolute atomic E-state index is 12.0. The maximum atomic E-state index is 12.0. The highest BCUT2D eigenvalue weighted by atomic mass is 19.4. The van der Waals surface area contributed by atoms with E-state index in [1.807, 2.05) is 0 Å². The van der Waals surface area contributed by atoms with Gasteiger partial charge in [-0.3, -0.25) is 4.79 Å². The molecule has 86 valence electrons. The van der Waals surface area contributed by atoms with E-state index in [4.69, 9.17) is 9.47 Å². The van der Waals surface area contributed by atoms with Crippen molar-refractivity contribution in [1.29, 1.82) is 0 Å². The summed E-state index contributed by atoms with van der Waals surface area (Å²) in [6.07, 6.45) is -4.22. The third-order valence-electron chi connectivity index (χ3n) is 1.91. The van der Waals surface area contributed by atoms with Crippen LogP contribution >= 0.6 is 0 Å². The lowest BCUT2D eigenvalue weighted by atomic mass is 10.1. The number of allylic oxidation sites excluding steroid dienone is 1. The van der Waals surface area contributed by atoms with Crippen LogP contribution in [0, 0.1) is 0 Å². The van der Waals surface area contributed by atoms with Crippen LogP contribution in [0.15, 0.2) is 11.8 Å². The number of Topliss-reactive ketones (excluding diaryl/α,β-unsaturated/α-hetero) is 1. The van der Waals surface area contributed by atoms with Gasteiger partial charge in [-0.25, -0.2) is 0 Å². The number of halogens is 3. The molecule has 0 aliphatic carbocycles. The van der Waals surface area contributed by atoms with Crippen molar-refractivity contribution >= 4 is 5.78 Å². The Hall–Kier alpha value is -1.04. The number of hydrogen-bond donors (Lipinski definition) is 0. The van der Waals surface area contributed by atoms with E-state index in [1.165, 1.54) is 0 Å². The molecular weight excluding hydrogens is 213 g/mol. The van der Waals surface area contributed by atoms with Crippen molar-refractivity contribution in [3.63, 3.8) is 0 Å². The van der Waals surface area contributed by atoms with Crippen LogP contribution in [0.4, 0.5) is 13.2 Å². The minimum Gasteiger partial charge on any atom is -0.472 e. The van der Waals surface area contributed by atoms with Gasteiger partial charge in [-0.1, -0.05) is 0 Å². The van der Waals surface area contributed by atoms with E-state index in [9.17, 15) is 18.0 Å². The van der Waals surface area contributed by atoms with Crippen molar-refractivity contribution in [2.24, 2.45) is 0 Å².